The maximum Gasteiger partial charge on any atom is 0.256 e. The number of nitrogens with zero attached hydrogens (tertiary/aromatic N) is 4. The van der Waals surface area contributed by atoms with Crippen LogP contribution in [-0.4, -0.2) is 46.3 Å². The molecule has 0 N–H and O–H groups in total. The van der Waals surface area contributed by atoms with Crippen LogP contribution in [-0.2, 0) is 4.74 Å². The summed E-state index contributed by atoms with van der Waals surface area (Å²) in [5.74, 6) is -0.112. The van der Waals surface area contributed by atoms with Crippen molar-refractivity contribution in [3.8, 4) is 5.69 Å². The first-order valence-electron chi connectivity index (χ1n) is 7.98. The monoisotopic (exact) mass is 336 g/mol. The van der Waals surface area contributed by atoms with Gasteiger partial charge in [-0.15, -0.1) is 0 Å². The van der Waals surface area contributed by atoms with Crippen LogP contribution in [0.2, 0.25) is 0 Å². The zero-order valence-electron chi connectivity index (χ0n) is 14.2. The van der Waals surface area contributed by atoms with Crippen molar-refractivity contribution < 1.29 is 9.53 Å². The average molecular weight is 336 g/mol. The highest BCUT2D eigenvalue weighted by atomic mass is 16.5. The Morgan fingerprint density at radius 1 is 1.16 bits per heavy atom. The van der Waals surface area contributed by atoms with E-state index in [0.717, 1.165) is 11.4 Å². The first-order chi connectivity index (χ1) is 12.2. The zero-order chi connectivity index (χ0) is 17.6. The van der Waals surface area contributed by atoms with Crippen LogP contribution >= 0.6 is 0 Å². The number of benzene rings is 1. The molecule has 1 atom stereocenters. The molecule has 0 aliphatic rings. The topological polar surface area (TPSA) is 60.2 Å². The fraction of sp³-hybridized carbons (Fsp3) is 0.211. The molecule has 6 heteroatoms. The molecule has 0 saturated heterocycles. The van der Waals surface area contributed by atoms with E-state index in [9.17, 15) is 4.79 Å². The van der Waals surface area contributed by atoms with Gasteiger partial charge in [-0.1, -0.05) is 18.2 Å². The van der Waals surface area contributed by atoms with E-state index in [1.165, 1.54) is 0 Å². The molecular weight excluding hydrogens is 316 g/mol. The molecule has 3 aromatic rings. The zero-order valence-corrected chi connectivity index (χ0v) is 14.2. The normalized spacial score (nSPS) is 11.9. The molecule has 128 valence electrons. The summed E-state index contributed by atoms with van der Waals surface area (Å²) in [5, 5.41) is 4.24. The second kappa shape index (κ2) is 7.72. The summed E-state index contributed by atoms with van der Waals surface area (Å²) < 4.78 is 7.00. The highest BCUT2D eigenvalue weighted by molar-refractivity contribution is 5.97. The number of hydrogen-bond donors (Lipinski definition) is 0. The Balaban J connectivity index is 1.94. The molecule has 0 unspecified atom stereocenters. The van der Waals surface area contributed by atoms with E-state index in [1.54, 1.807) is 42.2 Å². The molecule has 0 aliphatic heterocycles. The standard InChI is InChI=1S/C19H20N4O2/c1-22(18(14-25-2)16-9-5-6-11-20-16)19(24)15-8-3-4-10-17(15)23-13-7-12-21-23/h3-13,18H,14H2,1-2H3/t18-/m1/s1. The van der Waals surface area contributed by atoms with E-state index in [2.05, 4.69) is 10.1 Å². The Bertz CT molecular complexity index is 818. The van der Waals surface area contributed by atoms with Crippen LogP contribution in [0.15, 0.2) is 67.1 Å². The van der Waals surface area contributed by atoms with Crippen LogP contribution in [0.25, 0.3) is 5.69 Å². The van der Waals surface area contributed by atoms with Gasteiger partial charge in [0.15, 0.2) is 0 Å². The van der Waals surface area contributed by atoms with E-state index in [4.69, 9.17) is 4.74 Å². The number of methoxy groups -OCH3 is 1. The summed E-state index contributed by atoms with van der Waals surface area (Å²) >= 11 is 0. The van der Waals surface area contributed by atoms with Crippen molar-refractivity contribution in [1.82, 2.24) is 19.7 Å². The number of carbonyl (C=O) groups is 1. The van der Waals surface area contributed by atoms with E-state index >= 15 is 0 Å². The van der Waals surface area contributed by atoms with Gasteiger partial charge in [0.05, 0.1) is 29.6 Å². The highest BCUT2D eigenvalue weighted by Gasteiger charge is 2.25. The van der Waals surface area contributed by atoms with Gasteiger partial charge in [-0.2, -0.15) is 5.10 Å². The molecule has 6 nitrogen and oxygen atoms in total. The third-order valence-corrected chi connectivity index (χ3v) is 4.03. The summed E-state index contributed by atoms with van der Waals surface area (Å²) in [7, 11) is 3.38. The minimum absolute atomic E-state index is 0.112. The van der Waals surface area contributed by atoms with Crippen LogP contribution in [0, 0.1) is 0 Å². The minimum Gasteiger partial charge on any atom is -0.382 e. The lowest BCUT2D eigenvalue weighted by atomic mass is 10.1. The number of likely N-dealkylation sites (N-methyl/N-ethyl adjacent to an activating group) is 1. The molecule has 25 heavy (non-hydrogen) atoms. The molecule has 0 aliphatic carbocycles. The summed E-state index contributed by atoms with van der Waals surface area (Å²) in [6.07, 6.45) is 5.22. The van der Waals surface area contributed by atoms with Crippen LogP contribution in [0.1, 0.15) is 22.1 Å². The lowest BCUT2D eigenvalue weighted by Crippen LogP contribution is -2.34. The third kappa shape index (κ3) is 3.59. The summed E-state index contributed by atoms with van der Waals surface area (Å²) in [5.41, 5.74) is 2.10. The molecule has 1 aromatic carbocycles. The molecule has 0 fully saturated rings. The van der Waals surface area contributed by atoms with Crippen LogP contribution in [0.5, 0.6) is 0 Å². The van der Waals surface area contributed by atoms with Crippen molar-refractivity contribution in [1.29, 1.82) is 0 Å². The van der Waals surface area contributed by atoms with Gasteiger partial charge in [0, 0.05) is 32.7 Å². The Morgan fingerprint density at radius 2 is 1.96 bits per heavy atom. The van der Waals surface area contributed by atoms with Crippen molar-refractivity contribution in [3.63, 3.8) is 0 Å². The lowest BCUT2D eigenvalue weighted by Gasteiger charge is -2.28. The summed E-state index contributed by atoms with van der Waals surface area (Å²) in [6.45, 7) is 0.364. The highest BCUT2D eigenvalue weighted by Crippen LogP contribution is 2.22. The molecule has 2 heterocycles. The second-order valence-corrected chi connectivity index (χ2v) is 5.61. The predicted octanol–water partition coefficient (Wildman–Crippen LogP) is 2.73. The number of aromatic nitrogens is 3. The Kier molecular flexibility index (Phi) is 5.20. The van der Waals surface area contributed by atoms with Gasteiger partial charge < -0.3 is 9.64 Å². The Morgan fingerprint density at radius 3 is 2.64 bits per heavy atom. The lowest BCUT2D eigenvalue weighted by molar-refractivity contribution is 0.0595. The fourth-order valence-corrected chi connectivity index (χ4v) is 2.72. The summed E-state index contributed by atoms with van der Waals surface area (Å²) in [6, 6.07) is 14.6. The van der Waals surface area contributed by atoms with Gasteiger partial charge in [-0.3, -0.25) is 9.78 Å². The fourth-order valence-electron chi connectivity index (χ4n) is 2.72. The number of amides is 1. The van der Waals surface area contributed by atoms with Gasteiger partial charge in [-0.25, -0.2) is 4.68 Å². The van der Waals surface area contributed by atoms with Gasteiger partial charge in [0.2, 0.25) is 0 Å². The first-order valence-corrected chi connectivity index (χ1v) is 7.98. The second-order valence-electron chi connectivity index (χ2n) is 5.61. The largest absolute Gasteiger partial charge is 0.382 e. The number of ether oxygens (including phenoxy) is 1. The average Bonchev–Trinajstić information content (AvgIpc) is 3.20. The van der Waals surface area contributed by atoms with Gasteiger partial charge in [0.25, 0.3) is 5.91 Å². The molecule has 2 aromatic heterocycles. The number of pyridine rings is 1. The Labute approximate surface area is 146 Å². The summed E-state index contributed by atoms with van der Waals surface area (Å²) in [4.78, 5) is 19.2. The SMILES string of the molecule is COC[C@H](c1ccccn1)N(C)C(=O)c1ccccc1-n1cccn1. The molecule has 0 saturated carbocycles. The van der Waals surface area contributed by atoms with Crippen molar-refractivity contribution >= 4 is 5.91 Å². The molecule has 0 bridgehead atoms. The Hall–Kier alpha value is -2.99. The van der Waals surface area contributed by atoms with Gasteiger partial charge in [0.1, 0.15) is 0 Å². The molecule has 0 radical (unpaired) electrons. The number of hydrogen-bond acceptors (Lipinski definition) is 4. The smallest absolute Gasteiger partial charge is 0.256 e. The van der Waals surface area contributed by atoms with Gasteiger partial charge >= 0.3 is 0 Å². The van der Waals surface area contributed by atoms with Crippen LogP contribution in [0.4, 0.5) is 0 Å². The van der Waals surface area contributed by atoms with Crippen molar-refractivity contribution in [2.75, 3.05) is 20.8 Å². The molecular formula is C19H20N4O2. The first kappa shape index (κ1) is 16.9. The van der Waals surface area contributed by atoms with Crippen molar-refractivity contribution in [2.45, 2.75) is 6.04 Å². The van der Waals surface area contributed by atoms with Crippen molar-refractivity contribution in [3.05, 3.63) is 78.4 Å². The van der Waals surface area contributed by atoms with E-state index in [-0.39, 0.29) is 11.9 Å². The van der Waals surface area contributed by atoms with Crippen LogP contribution in [0.3, 0.4) is 0 Å². The number of carbonyl (C=O) groups excluding carboxylic acids is 1. The van der Waals surface area contributed by atoms with Gasteiger partial charge in [-0.05, 0) is 30.3 Å². The van der Waals surface area contributed by atoms with E-state index in [0.29, 0.717) is 12.2 Å². The molecule has 0 spiro atoms. The number of rotatable bonds is 6. The molecule has 3 rings (SSSR count). The maximum atomic E-state index is 13.2. The predicted molar refractivity (Wildman–Crippen MR) is 94.5 cm³/mol. The number of para-hydroxylation sites is 1. The van der Waals surface area contributed by atoms with Crippen molar-refractivity contribution in [2.24, 2.45) is 0 Å². The molecule has 1 amide bonds. The quantitative estimate of drug-likeness (QED) is 0.694. The third-order valence-electron chi connectivity index (χ3n) is 4.03. The van der Waals surface area contributed by atoms with Crippen LogP contribution < -0.4 is 0 Å². The minimum atomic E-state index is -0.274. The van der Waals surface area contributed by atoms with E-state index in [1.807, 2.05) is 48.7 Å². The van der Waals surface area contributed by atoms with E-state index < -0.39 is 0 Å². The maximum absolute atomic E-state index is 13.2.